The summed E-state index contributed by atoms with van der Waals surface area (Å²) in [6, 6.07) is 3.99. The van der Waals surface area contributed by atoms with Gasteiger partial charge in [0, 0.05) is 29.4 Å². The summed E-state index contributed by atoms with van der Waals surface area (Å²) in [4.78, 5) is 0. The molecule has 0 bridgehead atoms. The number of nitrogens with zero attached hydrogens (tertiary/aromatic N) is 2. The minimum Gasteiger partial charge on any atom is -0.495 e. The Morgan fingerprint density at radius 1 is 1.29 bits per heavy atom. The van der Waals surface area contributed by atoms with E-state index in [4.69, 9.17) is 16.3 Å². The van der Waals surface area contributed by atoms with E-state index in [9.17, 15) is 0 Å². The Morgan fingerprint density at radius 2 is 1.95 bits per heavy atom. The predicted molar refractivity (Wildman–Crippen MR) is 87.5 cm³/mol. The van der Waals surface area contributed by atoms with Crippen molar-refractivity contribution in [3.8, 4) is 5.75 Å². The van der Waals surface area contributed by atoms with Crippen LogP contribution in [0.3, 0.4) is 0 Å². The molecule has 1 heterocycles. The van der Waals surface area contributed by atoms with Gasteiger partial charge in [0.1, 0.15) is 5.75 Å². The second-order valence-electron chi connectivity index (χ2n) is 5.38. The normalized spacial score (nSPS) is 12.3. The van der Waals surface area contributed by atoms with Gasteiger partial charge in [0.25, 0.3) is 0 Å². The van der Waals surface area contributed by atoms with Gasteiger partial charge in [-0.2, -0.15) is 5.10 Å². The molecular weight excluding hydrogens is 286 g/mol. The van der Waals surface area contributed by atoms with Crippen LogP contribution in [0.1, 0.15) is 35.5 Å². The fourth-order valence-electron chi connectivity index (χ4n) is 2.67. The van der Waals surface area contributed by atoms with Gasteiger partial charge in [0.15, 0.2) is 0 Å². The maximum absolute atomic E-state index is 6.15. The van der Waals surface area contributed by atoms with Gasteiger partial charge < -0.3 is 10.1 Å². The van der Waals surface area contributed by atoms with Crippen LogP contribution in [-0.2, 0) is 7.05 Å². The Labute approximate surface area is 131 Å². The Kier molecular flexibility index (Phi) is 4.47. The molecule has 1 N–H and O–H groups in total. The number of aromatic nitrogens is 2. The zero-order valence-electron chi connectivity index (χ0n) is 13.4. The van der Waals surface area contributed by atoms with Crippen LogP contribution in [0.25, 0.3) is 0 Å². The maximum atomic E-state index is 6.15. The first-order valence-electron chi connectivity index (χ1n) is 6.96. The molecule has 0 fully saturated rings. The van der Waals surface area contributed by atoms with Crippen molar-refractivity contribution in [2.24, 2.45) is 7.05 Å². The summed E-state index contributed by atoms with van der Waals surface area (Å²) in [7, 11) is 3.61. The van der Waals surface area contributed by atoms with Crippen molar-refractivity contribution in [3.63, 3.8) is 0 Å². The van der Waals surface area contributed by atoms with E-state index in [2.05, 4.69) is 24.3 Å². The summed E-state index contributed by atoms with van der Waals surface area (Å²) < 4.78 is 7.33. The van der Waals surface area contributed by atoms with Crippen LogP contribution in [0, 0.1) is 20.8 Å². The average molecular weight is 308 g/mol. The van der Waals surface area contributed by atoms with E-state index < -0.39 is 0 Å². The van der Waals surface area contributed by atoms with Crippen LogP contribution in [0.4, 0.5) is 5.69 Å². The van der Waals surface area contributed by atoms with Crippen molar-refractivity contribution in [1.29, 1.82) is 0 Å². The second kappa shape index (κ2) is 5.98. The molecule has 0 saturated carbocycles. The van der Waals surface area contributed by atoms with Gasteiger partial charge in [-0.3, -0.25) is 4.68 Å². The number of hydrogen-bond acceptors (Lipinski definition) is 3. The number of aryl methyl sites for hydroxylation is 3. The highest BCUT2D eigenvalue weighted by Crippen LogP contribution is 2.34. The minimum atomic E-state index is 0.133. The van der Waals surface area contributed by atoms with E-state index in [0.29, 0.717) is 5.02 Å². The van der Waals surface area contributed by atoms with Gasteiger partial charge in [0.05, 0.1) is 24.5 Å². The molecule has 0 aliphatic rings. The van der Waals surface area contributed by atoms with E-state index in [-0.39, 0.29) is 6.04 Å². The minimum absolute atomic E-state index is 0.133. The first-order chi connectivity index (χ1) is 9.85. The summed E-state index contributed by atoms with van der Waals surface area (Å²) in [5.74, 6) is 0.747. The molecule has 1 atom stereocenters. The number of anilines is 1. The molecule has 0 radical (unpaired) electrons. The highest BCUT2D eigenvalue weighted by Gasteiger charge is 2.18. The lowest BCUT2D eigenvalue weighted by Crippen LogP contribution is -2.10. The van der Waals surface area contributed by atoms with E-state index in [1.165, 1.54) is 5.56 Å². The maximum Gasteiger partial charge on any atom is 0.143 e. The molecule has 1 aromatic carbocycles. The third-order valence-electron chi connectivity index (χ3n) is 3.85. The first-order valence-corrected chi connectivity index (χ1v) is 7.33. The summed E-state index contributed by atoms with van der Waals surface area (Å²) in [5.41, 5.74) is 5.38. The van der Waals surface area contributed by atoms with Gasteiger partial charge in [-0.25, -0.2) is 0 Å². The molecule has 21 heavy (non-hydrogen) atoms. The van der Waals surface area contributed by atoms with Gasteiger partial charge in [-0.05, 0) is 39.3 Å². The molecule has 0 amide bonds. The standard InChI is InChI=1S/C16H22ClN3O/c1-9-7-14(15(21-6)8-13(9)17)18-10(2)16-11(3)19-20(5)12(16)4/h7-8,10,18H,1-6H3. The van der Waals surface area contributed by atoms with E-state index in [1.54, 1.807) is 7.11 Å². The summed E-state index contributed by atoms with van der Waals surface area (Å²) in [6.45, 7) is 8.22. The van der Waals surface area contributed by atoms with Gasteiger partial charge >= 0.3 is 0 Å². The number of methoxy groups -OCH3 is 1. The third-order valence-corrected chi connectivity index (χ3v) is 4.26. The average Bonchev–Trinajstić information content (AvgIpc) is 2.67. The molecule has 0 aliphatic carbocycles. The van der Waals surface area contributed by atoms with Gasteiger partial charge in [-0.15, -0.1) is 0 Å². The van der Waals surface area contributed by atoms with Crippen molar-refractivity contribution in [2.45, 2.75) is 33.7 Å². The van der Waals surface area contributed by atoms with Crippen LogP contribution < -0.4 is 10.1 Å². The second-order valence-corrected chi connectivity index (χ2v) is 5.78. The fourth-order valence-corrected chi connectivity index (χ4v) is 2.82. The molecule has 1 unspecified atom stereocenters. The van der Waals surface area contributed by atoms with Crippen LogP contribution in [-0.4, -0.2) is 16.9 Å². The molecule has 114 valence electrons. The largest absolute Gasteiger partial charge is 0.495 e. The molecule has 2 rings (SSSR count). The SMILES string of the molecule is COc1cc(Cl)c(C)cc1NC(C)c1c(C)nn(C)c1C. The molecule has 2 aromatic rings. The Morgan fingerprint density at radius 3 is 2.48 bits per heavy atom. The number of benzene rings is 1. The van der Waals surface area contributed by atoms with Crippen LogP contribution in [0.2, 0.25) is 5.02 Å². The van der Waals surface area contributed by atoms with Crippen molar-refractivity contribution >= 4 is 17.3 Å². The number of rotatable bonds is 4. The predicted octanol–water partition coefficient (Wildman–Crippen LogP) is 4.18. The first kappa shape index (κ1) is 15.7. The lowest BCUT2D eigenvalue weighted by molar-refractivity contribution is 0.416. The van der Waals surface area contributed by atoms with E-state index >= 15 is 0 Å². The Hall–Kier alpha value is -1.68. The number of nitrogens with one attached hydrogen (secondary N) is 1. The quantitative estimate of drug-likeness (QED) is 0.921. The van der Waals surface area contributed by atoms with Crippen molar-refractivity contribution < 1.29 is 4.74 Å². The molecule has 0 aliphatic heterocycles. The number of halogens is 1. The summed E-state index contributed by atoms with van der Waals surface area (Å²) >= 11 is 6.15. The molecule has 0 spiro atoms. The lowest BCUT2D eigenvalue weighted by atomic mass is 10.1. The van der Waals surface area contributed by atoms with E-state index in [1.807, 2.05) is 37.7 Å². The Balaban J connectivity index is 2.35. The lowest BCUT2D eigenvalue weighted by Gasteiger charge is -2.19. The van der Waals surface area contributed by atoms with Crippen LogP contribution >= 0.6 is 11.6 Å². The van der Waals surface area contributed by atoms with Crippen LogP contribution in [0.5, 0.6) is 5.75 Å². The molecule has 0 saturated heterocycles. The Bertz CT molecular complexity index is 664. The van der Waals surface area contributed by atoms with Crippen molar-refractivity contribution in [1.82, 2.24) is 9.78 Å². The van der Waals surface area contributed by atoms with Crippen molar-refractivity contribution in [2.75, 3.05) is 12.4 Å². The summed E-state index contributed by atoms with van der Waals surface area (Å²) in [5, 5.41) is 8.68. The topological polar surface area (TPSA) is 39.1 Å². The zero-order chi connectivity index (χ0) is 15.7. The molecule has 1 aromatic heterocycles. The highest BCUT2D eigenvalue weighted by molar-refractivity contribution is 6.31. The highest BCUT2D eigenvalue weighted by atomic mass is 35.5. The third kappa shape index (κ3) is 3.00. The van der Waals surface area contributed by atoms with Crippen molar-refractivity contribution in [3.05, 3.63) is 39.7 Å². The molecular formula is C16H22ClN3O. The zero-order valence-corrected chi connectivity index (χ0v) is 14.2. The number of ether oxygens (including phenoxy) is 1. The fraction of sp³-hybridized carbons (Fsp3) is 0.438. The summed E-state index contributed by atoms with van der Waals surface area (Å²) in [6.07, 6.45) is 0. The monoisotopic (exact) mass is 307 g/mol. The van der Waals surface area contributed by atoms with Gasteiger partial charge in [-0.1, -0.05) is 11.6 Å². The number of hydrogen-bond donors (Lipinski definition) is 1. The van der Waals surface area contributed by atoms with Gasteiger partial charge in [0.2, 0.25) is 0 Å². The molecule has 4 nitrogen and oxygen atoms in total. The smallest absolute Gasteiger partial charge is 0.143 e. The molecule has 5 heteroatoms. The van der Waals surface area contributed by atoms with E-state index in [0.717, 1.165) is 28.4 Å². The van der Waals surface area contributed by atoms with Crippen LogP contribution in [0.15, 0.2) is 12.1 Å².